The highest BCUT2D eigenvalue weighted by Gasteiger charge is 2.36. The van der Waals surface area contributed by atoms with E-state index in [1.165, 1.54) is 24.3 Å². The molecule has 0 aliphatic carbocycles. The highest BCUT2D eigenvalue weighted by atomic mass is 32.2. The molecule has 148 valence electrons. The molecular formula is C19H18N6O3S. The number of sulfonamides is 1. The van der Waals surface area contributed by atoms with Gasteiger partial charge in [0.05, 0.1) is 22.6 Å². The summed E-state index contributed by atoms with van der Waals surface area (Å²) >= 11 is 0. The van der Waals surface area contributed by atoms with Gasteiger partial charge in [-0.25, -0.2) is 13.1 Å². The van der Waals surface area contributed by atoms with Crippen molar-refractivity contribution >= 4 is 10.0 Å². The highest BCUT2D eigenvalue weighted by molar-refractivity contribution is 7.89. The molecule has 3 aromatic rings. The van der Waals surface area contributed by atoms with Crippen molar-refractivity contribution in [1.82, 2.24) is 24.7 Å². The lowest BCUT2D eigenvalue weighted by molar-refractivity contribution is 0.244. The van der Waals surface area contributed by atoms with E-state index in [1.54, 1.807) is 18.5 Å². The zero-order chi connectivity index (χ0) is 20.4. The number of rotatable bonds is 5. The molecule has 3 heterocycles. The van der Waals surface area contributed by atoms with Gasteiger partial charge in [0.25, 0.3) is 0 Å². The van der Waals surface area contributed by atoms with Crippen LogP contribution in [-0.4, -0.2) is 48.1 Å². The summed E-state index contributed by atoms with van der Waals surface area (Å²) < 4.78 is 33.5. The van der Waals surface area contributed by atoms with E-state index in [4.69, 9.17) is 9.78 Å². The average molecular weight is 410 g/mol. The lowest BCUT2D eigenvalue weighted by Crippen LogP contribution is -2.36. The first-order chi connectivity index (χ1) is 14.0. The van der Waals surface area contributed by atoms with Crippen LogP contribution in [0.1, 0.15) is 23.9 Å². The average Bonchev–Trinajstić information content (AvgIpc) is 3.35. The van der Waals surface area contributed by atoms with Crippen LogP contribution in [0.15, 0.2) is 58.2 Å². The Balaban J connectivity index is 1.47. The topological polar surface area (TPSA) is 125 Å². The molecule has 0 radical (unpaired) electrons. The first-order valence-corrected chi connectivity index (χ1v) is 10.4. The van der Waals surface area contributed by atoms with E-state index in [1.807, 2.05) is 24.1 Å². The summed E-state index contributed by atoms with van der Waals surface area (Å²) in [7, 11) is -1.81. The Bertz CT molecular complexity index is 1140. The molecular weight excluding hydrogens is 392 g/mol. The molecule has 0 saturated carbocycles. The van der Waals surface area contributed by atoms with Crippen molar-refractivity contribution in [2.75, 3.05) is 13.6 Å². The van der Waals surface area contributed by atoms with Crippen LogP contribution in [0.25, 0.3) is 11.4 Å². The van der Waals surface area contributed by atoms with Gasteiger partial charge in [-0.2, -0.15) is 10.2 Å². The summed E-state index contributed by atoms with van der Waals surface area (Å²) in [6, 6.07) is 10.9. The minimum absolute atomic E-state index is 0.124. The van der Waals surface area contributed by atoms with Crippen molar-refractivity contribution in [3.63, 3.8) is 0 Å². The van der Waals surface area contributed by atoms with Crippen LogP contribution in [0.5, 0.6) is 0 Å². The quantitative estimate of drug-likeness (QED) is 0.674. The number of hydrogen-bond donors (Lipinski definition) is 1. The summed E-state index contributed by atoms with van der Waals surface area (Å²) in [5, 5.41) is 12.9. The van der Waals surface area contributed by atoms with E-state index in [0.29, 0.717) is 30.2 Å². The highest BCUT2D eigenvalue weighted by Crippen LogP contribution is 2.31. The van der Waals surface area contributed by atoms with E-state index in [-0.39, 0.29) is 17.0 Å². The molecule has 29 heavy (non-hydrogen) atoms. The maximum atomic E-state index is 12.7. The number of hydrogen-bond acceptors (Lipinski definition) is 8. The lowest BCUT2D eigenvalue weighted by atomic mass is 10.2. The number of nitriles is 1. The van der Waals surface area contributed by atoms with Crippen LogP contribution in [0.3, 0.4) is 0 Å². The van der Waals surface area contributed by atoms with Crippen molar-refractivity contribution in [1.29, 1.82) is 5.26 Å². The molecule has 2 aromatic heterocycles. The number of nitrogens with zero attached hydrogens (tertiary/aromatic N) is 5. The summed E-state index contributed by atoms with van der Waals surface area (Å²) in [5.74, 6) is 0.884. The first-order valence-electron chi connectivity index (χ1n) is 8.93. The molecule has 1 fully saturated rings. The SMILES string of the molecule is CN1C[C@@H](NS(=O)(=O)c2ccc(C#N)cc2)C[C@H]1c1nc(-c2cccnc2)no1. The Morgan fingerprint density at radius 1 is 1.28 bits per heavy atom. The lowest BCUT2D eigenvalue weighted by Gasteiger charge is -2.14. The fourth-order valence-electron chi connectivity index (χ4n) is 3.35. The predicted molar refractivity (Wildman–Crippen MR) is 103 cm³/mol. The first kappa shape index (κ1) is 19.2. The van der Waals surface area contributed by atoms with Crippen molar-refractivity contribution in [2.24, 2.45) is 0 Å². The Hall–Kier alpha value is -3.13. The Morgan fingerprint density at radius 3 is 2.76 bits per heavy atom. The monoisotopic (exact) mass is 410 g/mol. The van der Waals surface area contributed by atoms with Gasteiger partial charge in [0, 0.05) is 30.5 Å². The number of likely N-dealkylation sites (N-methyl/N-ethyl adjacent to an activating group) is 1. The summed E-state index contributed by atoms with van der Waals surface area (Å²) in [5.41, 5.74) is 1.16. The number of benzene rings is 1. The van der Waals surface area contributed by atoms with E-state index >= 15 is 0 Å². The molecule has 1 aliphatic heterocycles. The third kappa shape index (κ3) is 4.02. The van der Waals surface area contributed by atoms with Gasteiger partial charge < -0.3 is 4.52 Å². The molecule has 0 bridgehead atoms. The Labute approximate surface area is 168 Å². The molecule has 0 unspecified atom stereocenters. The standard InChI is InChI=1S/C19H18N6O3S/c1-25-12-15(24-29(26,27)16-6-4-13(10-20)5-7-16)9-17(25)19-22-18(23-28-19)14-3-2-8-21-11-14/h2-8,11,15,17,24H,9,12H2,1H3/t15-,17-/m0/s1. The van der Waals surface area contributed by atoms with Gasteiger partial charge in [-0.1, -0.05) is 5.16 Å². The maximum Gasteiger partial charge on any atom is 0.244 e. The molecule has 1 aromatic carbocycles. The van der Waals surface area contributed by atoms with Crippen LogP contribution < -0.4 is 4.72 Å². The zero-order valence-corrected chi connectivity index (χ0v) is 16.4. The molecule has 10 heteroatoms. The fourth-order valence-corrected chi connectivity index (χ4v) is 4.59. The smallest absolute Gasteiger partial charge is 0.244 e. The zero-order valence-electron chi connectivity index (χ0n) is 15.6. The van der Waals surface area contributed by atoms with Crippen molar-refractivity contribution in [2.45, 2.75) is 23.4 Å². The van der Waals surface area contributed by atoms with E-state index < -0.39 is 10.0 Å². The van der Waals surface area contributed by atoms with Gasteiger partial charge in [0.15, 0.2) is 0 Å². The van der Waals surface area contributed by atoms with Gasteiger partial charge in [0.2, 0.25) is 21.7 Å². The van der Waals surface area contributed by atoms with Crippen LogP contribution in [0.2, 0.25) is 0 Å². The minimum atomic E-state index is -3.70. The van der Waals surface area contributed by atoms with E-state index in [2.05, 4.69) is 19.8 Å². The van der Waals surface area contributed by atoms with Gasteiger partial charge in [-0.3, -0.25) is 9.88 Å². The van der Waals surface area contributed by atoms with Gasteiger partial charge in [0.1, 0.15) is 0 Å². The largest absolute Gasteiger partial charge is 0.337 e. The fraction of sp³-hybridized carbons (Fsp3) is 0.263. The third-order valence-electron chi connectivity index (χ3n) is 4.81. The molecule has 2 atom stereocenters. The molecule has 0 spiro atoms. The number of aromatic nitrogens is 3. The minimum Gasteiger partial charge on any atom is -0.337 e. The molecule has 1 N–H and O–H groups in total. The summed E-state index contributed by atoms with van der Waals surface area (Å²) in [4.78, 5) is 10.6. The van der Waals surface area contributed by atoms with Gasteiger partial charge in [-0.05, 0) is 49.9 Å². The number of nitrogens with one attached hydrogen (secondary N) is 1. The van der Waals surface area contributed by atoms with E-state index in [0.717, 1.165) is 5.56 Å². The number of pyridine rings is 1. The molecule has 4 rings (SSSR count). The Kier molecular flexibility index (Phi) is 5.10. The predicted octanol–water partition coefficient (Wildman–Crippen LogP) is 1.73. The van der Waals surface area contributed by atoms with Crippen LogP contribution in [-0.2, 0) is 10.0 Å². The van der Waals surface area contributed by atoms with Crippen LogP contribution in [0.4, 0.5) is 0 Å². The summed E-state index contributed by atoms with van der Waals surface area (Å²) in [6.07, 6.45) is 3.82. The number of likely N-dealkylation sites (tertiary alicyclic amines) is 1. The van der Waals surface area contributed by atoms with Crippen LogP contribution >= 0.6 is 0 Å². The van der Waals surface area contributed by atoms with Crippen LogP contribution in [0, 0.1) is 11.3 Å². The normalized spacial score (nSPS) is 19.9. The molecule has 9 nitrogen and oxygen atoms in total. The van der Waals surface area contributed by atoms with E-state index in [9.17, 15) is 8.42 Å². The maximum absolute atomic E-state index is 12.7. The summed E-state index contributed by atoms with van der Waals surface area (Å²) in [6.45, 7) is 0.505. The second-order valence-corrected chi connectivity index (χ2v) is 8.56. The molecule has 1 saturated heterocycles. The second-order valence-electron chi connectivity index (χ2n) is 6.84. The third-order valence-corrected chi connectivity index (χ3v) is 6.35. The molecule has 1 aliphatic rings. The van der Waals surface area contributed by atoms with Crippen molar-refractivity contribution in [3.05, 3.63) is 60.2 Å². The molecule has 0 amide bonds. The van der Waals surface area contributed by atoms with Crippen molar-refractivity contribution in [3.8, 4) is 17.5 Å². The van der Waals surface area contributed by atoms with Crippen molar-refractivity contribution < 1.29 is 12.9 Å². The van der Waals surface area contributed by atoms with Gasteiger partial charge >= 0.3 is 0 Å². The van der Waals surface area contributed by atoms with Gasteiger partial charge in [-0.15, -0.1) is 0 Å². The Morgan fingerprint density at radius 2 is 2.07 bits per heavy atom. The second kappa shape index (κ2) is 7.71.